The summed E-state index contributed by atoms with van der Waals surface area (Å²) in [7, 11) is 0. The highest BCUT2D eigenvalue weighted by molar-refractivity contribution is 5.81. The molecule has 160 valence electrons. The van der Waals surface area contributed by atoms with Gasteiger partial charge in [-0.25, -0.2) is 4.68 Å². The number of nitrogens with zero attached hydrogens (tertiary/aromatic N) is 4. The largest absolute Gasteiger partial charge is 0.467 e. The number of aromatic nitrogens is 4. The SMILES string of the molecule is Cc1ccc2[nH]c(=O)c(CN(Cc3ccco3)C(=O)Cn3nnc4ccccc43)cc2c1. The molecular weight excluding hydrogens is 406 g/mol. The summed E-state index contributed by atoms with van der Waals surface area (Å²) in [6.45, 7) is 2.39. The van der Waals surface area contributed by atoms with E-state index in [4.69, 9.17) is 4.42 Å². The van der Waals surface area contributed by atoms with Crippen molar-refractivity contribution in [2.45, 2.75) is 26.6 Å². The lowest BCUT2D eigenvalue weighted by Crippen LogP contribution is -2.35. The molecule has 32 heavy (non-hydrogen) atoms. The van der Waals surface area contributed by atoms with Gasteiger partial charge in [0.15, 0.2) is 0 Å². The zero-order valence-corrected chi connectivity index (χ0v) is 17.5. The fraction of sp³-hybridized carbons (Fsp3) is 0.167. The summed E-state index contributed by atoms with van der Waals surface area (Å²) in [5.41, 5.74) is 3.65. The topological polar surface area (TPSA) is 97.0 Å². The normalized spacial score (nSPS) is 11.3. The second-order valence-electron chi connectivity index (χ2n) is 7.78. The minimum absolute atomic E-state index is 0.00577. The first-order valence-corrected chi connectivity index (χ1v) is 10.3. The van der Waals surface area contributed by atoms with Gasteiger partial charge in [0.05, 0.1) is 24.9 Å². The standard InChI is InChI=1S/C24H21N5O3/c1-16-8-9-20-17(11-16)12-18(24(31)25-20)13-28(14-19-5-4-10-32-19)23(30)15-29-22-7-3-2-6-21(22)26-27-29/h2-12H,13-15H2,1H3,(H,25,31). The van der Waals surface area contributed by atoms with Gasteiger partial charge in [-0.2, -0.15) is 0 Å². The highest BCUT2D eigenvalue weighted by atomic mass is 16.3. The van der Waals surface area contributed by atoms with Crippen LogP contribution in [0.15, 0.2) is 76.1 Å². The number of para-hydroxylation sites is 1. The van der Waals surface area contributed by atoms with Gasteiger partial charge in [-0.1, -0.05) is 29.0 Å². The van der Waals surface area contributed by atoms with Crippen LogP contribution in [0.25, 0.3) is 21.9 Å². The van der Waals surface area contributed by atoms with Crippen LogP contribution in [0.5, 0.6) is 0 Å². The van der Waals surface area contributed by atoms with Crippen molar-refractivity contribution < 1.29 is 9.21 Å². The first-order chi connectivity index (χ1) is 15.6. The molecule has 0 saturated heterocycles. The molecule has 0 atom stereocenters. The Morgan fingerprint density at radius 2 is 1.97 bits per heavy atom. The number of nitrogens with one attached hydrogen (secondary N) is 1. The Hall–Kier alpha value is -4.20. The van der Waals surface area contributed by atoms with Gasteiger partial charge in [-0.15, -0.1) is 5.10 Å². The van der Waals surface area contributed by atoms with Gasteiger partial charge in [-0.3, -0.25) is 9.59 Å². The second-order valence-corrected chi connectivity index (χ2v) is 7.78. The minimum Gasteiger partial charge on any atom is -0.467 e. The smallest absolute Gasteiger partial charge is 0.253 e. The summed E-state index contributed by atoms with van der Waals surface area (Å²) < 4.78 is 7.03. The monoisotopic (exact) mass is 427 g/mol. The number of aromatic amines is 1. The van der Waals surface area contributed by atoms with Crippen LogP contribution in [-0.4, -0.2) is 30.8 Å². The fourth-order valence-electron chi connectivity index (χ4n) is 3.78. The molecule has 5 rings (SSSR count). The van der Waals surface area contributed by atoms with Crippen LogP contribution in [0, 0.1) is 6.92 Å². The summed E-state index contributed by atoms with van der Waals surface area (Å²) in [6, 6.07) is 18.7. The molecule has 0 bridgehead atoms. The van der Waals surface area contributed by atoms with Gasteiger partial charge >= 0.3 is 0 Å². The van der Waals surface area contributed by atoms with E-state index in [1.54, 1.807) is 28.0 Å². The number of amides is 1. The number of carbonyl (C=O) groups is 1. The Morgan fingerprint density at radius 1 is 1.09 bits per heavy atom. The molecule has 0 unspecified atom stereocenters. The predicted octanol–water partition coefficient (Wildman–Crippen LogP) is 3.40. The van der Waals surface area contributed by atoms with E-state index in [1.807, 2.05) is 55.5 Å². The third kappa shape index (κ3) is 3.90. The molecule has 3 heterocycles. The van der Waals surface area contributed by atoms with Crippen molar-refractivity contribution in [3.63, 3.8) is 0 Å². The van der Waals surface area contributed by atoms with E-state index < -0.39 is 0 Å². The molecule has 0 saturated carbocycles. The molecule has 3 aromatic heterocycles. The lowest BCUT2D eigenvalue weighted by molar-refractivity contribution is -0.133. The molecule has 0 spiro atoms. The molecule has 8 heteroatoms. The molecule has 2 aromatic carbocycles. The van der Waals surface area contributed by atoms with Crippen molar-refractivity contribution in [1.82, 2.24) is 24.9 Å². The molecule has 0 aliphatic rings. The number of H-pyrrole nitrogens is 1. The zero-order chi connectivity index (χ0) is 22.1. The third-order valence-corrected chi connectivity index (χ3v) is 5.42. The number of aryl methyl sites for hydroxylation is 1. The molecule has 1 amide bonds. The number of hydrogen-bond donors (Lipinski definition) is 1. The van der Waals surface area contributed by atoms with E-state index in [2.05, 4.69) is 15.3 Å². The predicted molar refractivity (Wildman–Crippen MR) is 120 cm³/mol. The van der Waals surface area contributed by atoms with Crippen LogP contribution in [0.4, 0.5) is 0 Å². The number of pyridine rings is 1. The van der Waals surface area contributed by atoms with E-state index in [1.165, 1.54) is 0 Å². The van der Waals surface area contributed by atoms with E-state index in [9.17, 15) is 9.59 Å². The van der Waals surface area contributed by atoms with Gasteiger partial charge in [-0.05, 0) is 54.8 Å². The van der Waals surface area contributed by atoms with Crippen LogP contribution in [-0.2, 0) is 24.4 Å². The van der Waals surface area contributed by atoms with Gasteiger partial charge < -0.3 is 14.3 Å². The summed E-state index contributed by atoms with van der Waals surface area (Å²) in [5.74, 6) is 0.440. The zero-order valence-electron chi connectivity index (χ0n) is 17.5. The van der Waals surface area contributed by atoms with E-state index in [0.717, 1.165) is 27.5 Å². The van der Waals surface area contributed by atoms with Crippen LogP contribution in [0.1, 0.15) is 16.9 Å². The summed E-state index contributed by atoms with van der Waals surface area (Å²) in [4.78, 5) is 30.5. The number of hydrogen-bond acceptors (Lipinski definition) is 5. The van der Waals surface area contributed by atoms with Gasteiger partial charge in [0, 0.05) is 11.1 Å². The van der Waals surface area contributed by atoms with Crippen LogP contribution >= 0.6 is 0 Å². The maximum Gasteiger partial charge on any atom is 0.253 e. The first kappa shape index (κ1) is 19.7. The number of carbonyl (C=O) groups excluding carboxylic acids is 1. The molecule has 5 aromatic rings. The van der Waals surface area contributed by atoms with E-state index >= 15 is 0 Å². The molecule has 1 N–H and O–H groups in total. The van der Waals surface area contributed by atoms with Crippen LogP contribution < -0.4 is 5.56 Å². The van der Waals surface area contributed by atoms with E-state index in [0.29, 0.717) is 11.3 Å². The van der Waals surface area contributed by atoms with Crippen molar-refractivity contribution >= 4 is 27.8 Å². The molecule has 0 fully saturated rings. The maximum absolute atomic E-state index is 13.3. The van der Waals surface area contributed by atoms with Crippen molar-refractivity contribution in [2.75, 3.05) is 0 Å². The number of fused-ring (bicyclic) bond motifs is 2. The van der Waals surface area contributed by atoms with Gasteiger partial charge in [0.25, 0.3) is 5.56 Å². The lowest BCUT2D eigenvalue weighted by atomic mass is 10.1. The Bertz CT molecular complexity index is 1470. The average molecular weight is 427 g/mol. The second kappa shape index (κ2) is 8.14. The Balaban J connectivity index is 1.47. The van der Waals surface area contributed by atoms with Crippen LogP contribution in [0.2, 0.25) is 0 Å². The molecule has 8 nitrogen and oxygen atoms in total. The van der Waals surface area contributed by atoms with Crippen molar-refractivity contribution in [1.29, 1.82) is 0 Å². The Kier molecular flexibility index (Phi) is 5.03. The minimum atomic E-state index is -0.218. The van der Waals surface area contributed by atoms with Crippen molar-refractivity contribution in [3.8, 4) is 0 Å². The fourth-order valence-corrected chi connectivity index (χ4v) is 3.78. The number of furan rings is 1. The number of rotatable bonds is 6. The molecule has 0 aliphatic heterocycles. The average Bonchev–Trinajstić information content (AvgIpc) is 3.44. The van der Waals surface area contributed by atoms with Gasteiger partial charge in [0.1, 0.15) is 17.8 Å². The number of benzene rings is 2. The van der Waals surface area contributed by atoms with E-state index in [-0.39, 0.29) is 31.1 Å². The Labute approximate surface area is 183 Å². The van der Waals surface area contributed by atoms with Crippen molar-refractivity contribution in [3.05, 3.63) is 94.2 Å². The van der Waals surface area contributed by atoms with Crippen molar-refractivity contribution in [2.24, 2.45) is 0 Å². The lowest BCUT2D eigenvalue weighted by Gasteiger charge is -2.22. The van der Waals surface area contributed by atoms with Crippen LogP contribution in [0.3, 0.4) is 0 Å². The highest BCUT2D eigenvalue weighted by Crippen LogP contribution is 2.17. The molecule has 0 aliphatic carbocycles. The molecular formula is C24H21N5O3. The van der Waals surface area contributed by atoms with Gasteiger partial charge in [0.2, 0.25) is 5.91 Å². The highest BCUT2D eigenvalue weighted by Gasteiger charge is 2.20. The molecule has 0 radical (unpaired) electrons. The summed E-state index contributed by atoms with van der Waals surface area (Å²) in [6.07, 6.45) is 1.56. The summed E-state index contributed by atoms with van der Waals surface area (Å²) in [5, 5.41) is 9.16. The summed E-state index contributed by atoms with van der Waals surface area (Å²) >= 11 is 0. The quantitative estimate of drug-likeness (QED) is 0.448. The Morgan fingerprint density at radius 3 is 2.81 bits per heavy atom. The third-order valence-electron chi connectivity index (χ3n) is 5.42. The first-order valence-electron chi connectivity index (χ1n) is 10.3. The maximum atomic E-state index is 13.3.